The summed E-state index contributed by atoms with van der Waals surface area (Å²) in [5, 5.41) is 10.6. The van der Waals surface area contributed by atoms with Crippen molar-refractivity contribution in [3.63, 3.8) is 0 Å². The molecule has 0 saturated carbocycles. The predicted molar refractivity (Wildman–Crippen MR) is 99.6 cm³/mol. The van der Waals surface area contributed by atoms with Gasteiger partial charge in [-0.2, -0.15) is 4.31 Å². The van der Waals surface area contributed by atoms with E-state index in [1.54, 1.807) is 13.8 Å². The number of nitro benzene ring substituents is 1. The molecule has 27 heavy (non-hydrogen) atoms. The van der Waals surface area contributed by atoms with Crippen molar-refractivity contribution < 1.29 is 22.9 Å². The van der Waals surface area contributed by atoms with Crippen molar-refractivity contribution in [2.45, 2.75) is 18.7 Å². The Morgan fingerprint density at radius 1 is 1.15 bits per heavy atom. The van der Waals surface area contributed by atoms with Crippen molar-refractivity contribution in [3.8, 4) is 5.75 Å². The molecule has 0 fully saturated rings. The first kappa shape index (κ1) is 20.8. The number of sulfonamides is 1. The van der Waals surface area contributed by atoms with Gasteiger partial charge in [-0.25, -0.2) is 13.2 Å². The largest absolute Gasteiger partial charge is 0.423 e. The average molecular weight is 413 g/mol. The van der Waals surface area contributed by atoms with Crippen LogP contribution in [0.15, 0.2) is 47.4 Å². The monoisotopic (exact) mass is 412 g/mol. The molecule has 0 aliphatic heterocycles. The summed E-state index contributed by atoms with van der Waals surface area (Å²) in [5.74, 6) is -0.717. The third-order valence-corrected chi connectivity index (χ3v) is 6.28. The van der Waals surface area contributed by atoms with E-state index in [1.807, 2.05) is 0 Å². The van der Waals surface area contributed by atoms with E-state index in [-0.39, 0.29) is 40.0 Å². The minimum atomic E-state index is -3.86. The van der Waals surface area contributed by atoms with Crippen LogP contribution in [0.2, 0.25) is 5.02 Å². The van der Waals surface area contributed by atoms with E-state index < -0.39 is 20.9 Å². The minimum absolute atomic E-state index is 0.00575. The average Bonchev–Trinajstić information content (AvgIpc) is 2.63. The van der Waals surface area contributed by atoms with Gasteiger partial charge in [0.1, 0.15) is 10.6 Å². The number of non-ortho nitro benzene ring substituents is 1. The van der Waals surface area contributed by atoms with E-state index in [0.717, 1.165) is 6.07 Å². The number of hydrogen-bond acceptors (Lipinski definition) is 6. The van der Waals surface area contributed by atoms with Crippen molar-refractivity contribution in [1.82, 2.24) is 4.31 Å². The van der Waals surface area contributed by atoms with Gasteiger partial charge in [0.05, 0.1) is 15.5 Å². The topological polar surface area (TPSA) is 107 Å². The molecule has 0 aliphatic carbocycles. The Bertz CT molecular complexity index is 956. The summed E-state index contributed by atoms with van der Waals surface area (Å²) in [4.78, 5) is 22.2. The molecule has 2 rings (SSSR count). The maximum Gasteiger partial charge on any atom is 0.343 e. The molecule has 0 heterocycles. The molecule has 2 aromatic rings. The normalized spacial score (nSPS) is 11.4. The van der Waals surface area contributed by atoms with Crippen LogP contribution in [0.3, 0.4) is 0 Å². The van der Waals surface area contributed by atoms with E-state index >= 15 is 0 Å². The number of nitro groups is 1. The van der Waals surface area contributed by atoms with Crippen molar-refractivity contribution in [3.05, 3.63) is 63.2 Å². The SMILES string of the molecule is CCN(CC)S(=O)(=O)c1cc(C(=O)Oc2ccc([N+](=O)[O-])cc2)ccc1Cl. The highest BCUT2D eigenvalue weighted by atomic mass is 35.5. The Hall–Kier alpha value is -2.49. The molecule has 8 nitrogen and oxygen atoms in total. The summed E-state index contributed by atoms with van der Waals surface area (Å²) in [6, 6.07) is 8.76. The second-order valence-electron chi connectivity index (χ2n) is 5.38. The molecule has 144 valence electrons. The Morgan fingerprint density at radius 2 is 1.74 bits per heavy atom. The van der Waals surface area contributed by atoms with Gasteiger partial charge in [0.2, 0.25) is 10.0 Å². The third-order valence-electron chi connectivity index (χ3n) is 3.75. The summed E-state index contributed by atoms with van der Waals surface area (Å²) in [6.45, 7) is 3.91. The number of esters is 1. The summed E-state index contributed by atoms with van der Waals surface area (Å²) >= 11 is 6.03. The van der Waals surface area contributed by atoms with Crippen LogP contribution < -0.4 is 4.74 Å². The van der Waals surface area contributed by atoms with E-state index in [0.29, 0.717) is 0 Å². The summed E-state index contributed by atoms with van der Waals surface area (Å²) < 4.78 is 31.7. The number of ether oxygens (including phenoxy) is 1. The predicted octanol–water partition coefficient (Wildman–Crippen LogP) is 3.50. The number of carbonyl (C=O) groups excluding carboxylic acids is 1. The highest BCUT2D eigenvalue weighted by Crippen LogP contribution is 2.27. The van der Waals surface area contributed by atoms with Gasteiger partial charge < -0.3 is 4.74 Å². The fourth-order valence-corrected chi connectivity index (χ4v) is 4.29. The van der Waals surface area contributed by atoms with E-state index in [4.69, 9.17) is 16.3 Å². The second-order valence-corrected chi connectivity index (χ2v) is 7.69. The molecule has 0 saturated heterocycles. The Morgan fingerprint density at radius 3 is 2.26 bits per heavy atom. The molecule has 0 amide bonds. The summed E-state index contributed by atoms with van der Waals surface area (Å²) in [7, 11) is -3.86. The first-order chi connectivity index (χ1) is 12.7. The van der Waals surface area contributed by atoms with Gasteiger partial charge in [0.25, 0.3) is 5.69 Å². The van der Waals surface area contributed by atoms with Crippen LogP contribution in [0.25, 0.3) is 0 Å². The van der Waals surface area contributed by atoms with Crippen LogP contribution >= 0.6 is 11.6 Å². The molecule has 2 aromatic carbocycles. The molecule has 0 N–H and O–H groups in total. The van der Waals surface area contributed by atoms with Gasteiger partial charge in [0, 0.05) is 25.2 Å². The first-order valence-corrected chi connectivity index (χ1v) is 9.78. The zero-order valence-electron chi connectivity index (χ0n) is 14.6. The lowest BCUT2D eigenvalue weighted by Crippen LogP contribution is -2.31. The molecular formula is C17H17ClN2O6S. The standard InChI is InChI=1S/C17H17ClN2O6S/c1-3-19(4-2)27(24,25)16-11-12(5-10-15(16)18)17(21)26-14-8-6-13(7-9-14)20(22)23/h5-11H,3-4H2,1-2H3. The minimum Gasteiger partial charge on any atom is -0.423 e. The van der Waals surface area contributed by atoms with Gasteiger partial charge in [0.15, 0.2) is 0 Å². The number of nitrogens with zero attached hydrogens (tertiary/aromatic N) is 2. The highest BCUT2D eigenvalue weighted by Gasteiger charge is 2.26. The van der Waals surface area contributed by atoms with Gasteiger partial charge in [-0.15, -0.1) is 0 Å². The van der Waals surface area contributed by atoms with Gasteiger partial charge in [-0.3, -0.25) is 10.1 Å². The Labute approximate surface area is 161 Å². The first-order valence-electron chi connectivity index (χ1n) is 7.97. The lowest BCUT2D eigenvalue weighted by molar-refractivity contribution is -0.384. The molecule has 0 bridgehead atoms. The van der Waals surface area contributed by atoms with Crippen LogP contribution in [0.4, 0.5) is 5.69 Å². The quantitative estimate of drug-likeness (QED) is 0.298. The van der Waals surface area contributed by atoms with Crippen molar-refractivity contribution in [2.24, 2.45) is 0 Å². The molecule has 0 aromatic heterocycles. The lowest BCUT2D eigenvalue weighted by Gasteiger charge is -2.19. The summed E-state index contributed by atoms with van der Waals surface area (Å²) in [6.07, 6.45) is 0. The zero-order valence-corrected chi connectivity index (χ0v) is 16.2. The van der Waals surface area contributed by atoms with Crippen molar-refractivity contribution >= 4 is 33.3 Å². The molecular weight excluding hydrogens is 396 g/mol. The lowest BCUT2D eigenvalue weighted by atomic mass is 10.2. The number of benzene rings is 2. The third kappa shape index (κ3) is 4.62. The van der Waals surface area contributed by atoms with Crippen LogP contribution in [0, 0.1) is 10.1 Å². The second kappa shape index (κ2) is 8.47. The molecule has 10 heteroatoms. The number of carbonyl (C=O) groups is 1. The number of rotatable bonds is 7. The van der Waals surface area contributed by atoms with Crippen LogP contribution in [-0.2, 0) is 10.0 Å². The van der Waals surface area contributed by atoms with Gasteiger partial charge in [-0.05, 0) is 30.3 Å². The maximum atomic E-state index is 12.7. The fourth-order valence-electron chi connectivity index (χ4n) is 2.33. The zero-order chi connectivity index (χ0) is 20.2. The van der Waals surface area contributed by atoms with Crippen LogP contribution in [0.1, 0.15) is 24.2 Å². The van der Waals surface area contributed by atoms with E-state index in [9.17, 15) is 23.3 Å². The summed E-state index contributed by atoms with van der Waals surface area (Å²) in [5.41, 5.74) is -0.155. The molecule has 0 aliphatic rings. The fraction of sp³-hybridized carbons (Fsp3) is 0.235. The highest BCUT2D eigenvalue weighted by molar-refractivity contribution is 7.89. The molecule has 0 radical (unpaired) electrons. The Kier molecular flexibility index (Phi) is 6.53. The molecule has 0 unspecified atom stereocenters. The molecule has 0 atom stereocenters. The van der Waals surface area contributed by atoms with E-state index in [1.165, 1.54) is 40.7 Å². The van der Waals surface area contributed by atoms with Crippen molar-refractivity contribution in [2.75, 3.05) is 13.1 Å². The number of hydrogen-bond donors (Lipinski definition) is 0. The van der Waals surface area contributed by atoms with Crippen LogP contribution in [-0.4, -0.2) is 36.7 Å². The maximum absolute atomic E-state index is 12.7. The van der Waals surface area contributed by atoms with Crippen LogP contribution in [0.5, 0.6) is 5.75 Å². The van der Waals surface area contributed by atoms with Gasteiger partial charge >= 0.3 is 5.97 Å². The Balaban J connectivity index is 2.31. The smallest absolute Gasteiger partial charge is 0.343 e. The number of halogens is 1. The van der Waals surface area contributed by atoms with Crippen molar-refractivity contribution in [1.29, 1.82) is 0 Å². The molecule has 0 spiro atoms. The van der Waals surface area contributed by atoms with Gasteiger partial charge in [-0.1, -0.05) is 25.4 Å². The van der Waals surface area contributed by atoms with E-state index in [2.05, 4.69) is 0 Å².